The van der Waals surface area contributed by atoms with E-state index in [2.05, 4.69) is 4.74 Å². The molecule has 0 heterocycles. The highest BCUT2D eigenvalue weighted by molar-refractivity contribution is 6.18. The maximum absolute atomic E-state index is 10.3. The molecular formula is C9H9ClO3. The van der Waals surface area contributed by atoms with Crippen LogP contribution in [0.25, 0.3) is 0 Å². The summed E-state index contributed by atoms with van der Waals surface area (Å²) in [6.45, 7) is 0. The first-order valence-electron chi connectivity index (χ1n) is 3.78. The molecule has 1 rings (SSSR count). The SMILES string of the molecule is O=C(O)Oc1ccccc1CCCl. The van der Waals surface area contributed by atoms with Crippen LogP contribution in [0.15, 0.2) is 24.3 Å². The van der Waals surface area contributed by atoms with E-state index in [1.165, 1.54) is 0 Å². The molecule has 0 saturated carbocycles. The number of halogens is 1. The van der Waals surface area contributed by atoms with E-state index in [1.54, 1.807) is 18.2 Å². The summed E-state index contributed by atoms with van der Waals surface area (Å²) in [5.74, 6) is 0.802. The fourth-order valence-electron chi connectivity index (χ4n) is 1.01. The van der Waals surface area contributed by atoms with Crippen LogP contribution >= 0.6 is 11.6 Å². The molecule has 13 heavy (non-hydrogen) atoms. The molecule has 0 fully saturated rings. The van der Waals surface area contributed by atoms with Crippen molar-refractivity contribution in [1.82, 2.24) is 0 Å². The predicted octanol–water partition coefficient (Wildman–Crippen LogP) is 2.52. The van der Waals surface area contributed by atoms with Gasteiger partial charge in [-0.25, -0.2) is 4.79 Å². The highest BCUT2D eigenvalue weighted by Gasteiger charge is 2.05. The van der Waals surface area contributed by atoms with Crippen molar-refractivity contribution >= 4 is 17.8 Å². The zero-order valence-electron chi connectivity index (χ0n) is 6.87. The molecule has 1 aromatic carbocycles. The average Bonchev–Trinajstić information content (AvgIpc) is 2.08. The van der Waals surface area contributed by atoms with E-state index >= 15 is 0 Å². The Morgan fingerprint density at radius 1 is 1.46 bits per heavy atom. The third kappa shape index (κ3) is 2.95. The Morgan fingerprint density at radius 3 is 2.77 bits per heavy atom. The smallest absolute Gasteiger partial charge is 0.449 e. The van der Waals surface area contributed by atoms with Gasteiger partial charge in [-0.15, -0.1) is 11.6 Å². The Morgan fingerprint density at radius 2 is 2.15 bits per heavy atom. The summed E-state index contributed by atoms with van der Waals surface area (Å²) < 4.78 is 4.56. The first kappa shape index (κ1) is 9.86. The van der Waals surface area contributed by atoms with Gasteiger partial charge in [0.25, 0.3) is 0 Å². The van der Waals surface area contributed by atoms with Gasteiger partial charge in [0.2, 0.25) is 0 Å². The van der Waals surface area contributed by atoms with Crippen LogP contribution in [0.5, 0.6) is 5.75 Å². The topological polar surface area (TPSA) is 46.5 Å². The molecule has 0 aromatic heterocycles. The maximum atomic E-state index is 10.3. The van der Waals surface area contributed by atoms with E-state index in [0.29, 0.717) is 18.1 Å². The number of alkyl halides is 1. The molecule has 0 spiro atoms. The van der Waals surface area contributed by atoms with E-state index in [4.69, 9.17) is 16.7 Å². The number of ether oxygens (including phenoxy) is 1. The van der Waals surface area contributed by atoms with Crippen LogP contribution in [0.2, 0.25) is 0 Å². The van der Waals surface area contributed by atoms with E-state index < -0.39 is 6.16 Å². The summed E-state index contributed by atoms with van der Waals surface area (Å²) in [5, 5.41) is 8.40. The van der Waals surface area contributed by atoms with Gasteiger partial charge >= 0.3 is 6.16 Å². The van der Waals surface area contributed by atoms with Crippen molar-refractivity contribution < 1.29 is 14.6 Å². The summed E-state index contributed by atoms with van der Waals surface area (Å²) in [7, 11) is 0. The number of carboxylic acid groups (broad SMARTS) is 1. The Hall–Kier alpha value is -1.22. The number of aryl methyl sites for hydroxylation is 1. The zero-order chi connectivity index (χ0) is 9.68. The highest BCUT2D eigenvalue weighted by Crippen LogP contribution is 2.18. The molecule has 4 heteroatoms. The largest absolute Gasteiger partial charge is 0.511 e. The molecule has 0 saturated heterocycles. The van der Waals surface area contributed by atoms with Crippen LogP contribution in [0.3, 0.4) is 0 Å². The van der Waals surface area contributed by atoms with Gasteiger partial charge in [0.05, 0.1) is 0 Å². The van der Waals surface area contributed by atoms with Crippen molar-refractivity contribution in [2.24, 2.45) is 0 Å². The molecule has 3 nitrogen and oxygen atoms in total. The quantitative estimate of drug-likeness (QED) is 0.463. The molecule has 0 radical (unpaired) electrons. The Balaban J connectivity index is 2.84. The molecule has 70 valence electrons. The summed E-state index contributed by atoms with van der Waals surface area (Å²) in [6, 6.07) is 6.93. The second-order valence-electron chi connectivity index (χ2n) is 2.41. The number of benzene rings is 1. The van der Waals surface area contributed by atoms with Gasteiger partial charge in [0, 0.05) is 5.88 Å². The van der Waals surface area contributed by atoms with Gasteiger partial charge < -0.3 is 9.84 Å². The summed E-state index contributed by atoms with van der Waals surface area (Å²) >= 11 is 5.54. The third-order valence-electron chi connectivity index (χ3n) is 1.53. The molecule has 0 unspecified atom stereocenters. The van der Waals surface area contributed by atoms with Crippen LogP contribution in [-0.4, -0.2) is 17.1 Å². The van der Waals surface area contributed by atoms with E-state index in [0.717, 1.165) is 5.56 Å². The molecule has 0 aliphatic rings. The number of rotatable bonds is 3. The van der Waals surface area contributed by atoms with Crippen molar-refractivity contribution in [3.8, 4) is 5.75 Å². The van der Waals surface area contributed by atoms with E-state index in [9.17, 15) is 4.79 Å². The Bertz CT molecular complexity index is 299. The minimum absolute atomic E-state index is 0.357. The molecule has 0 aliphatic heterocycles. The highest BCUT2D eigenvalue weighted by atomic mass is 35.5. The van der Waals surface area contributed by atoms with Crippen molar-refractivity contribution in [3.05, 3.63) is 29.8 Å². The minimum Gasteiger partial charge on any atom is -0.449 e. The minimum atomic E-state index is -1.30. The van der Waals surface area contributed by atoms with Crippen molar-refractivity contribution in [2.45, 2.75) is 6.42 Å². The van der Waals surface area contributed by atoms with Gasteiger partial charge in [0.1, 0.15) is 5.75 Å². The van der Waals surface area contributed by atoms with Crippen molar-refractivity contribution in [2.75, 3.05) is 5.88 Å². The summed E-state index contributed by atoms with van der Waals surface area (Å²) in [6.07, 6.45) is -0.701. The third-order valence-corrected chi connectivity index (χ3v) is 1.72. The van der Waals surface area contributed by atoms with Crippen LogP contribution in [-0.2, 0) is 6.42 Å². The van der Waals surface area contributed by atoms with Gasteiger partial charge in [-0.3, -0.25) is 0 Å². The molecule has 0 aliphatic carbocycles. The van der Waals surface area contributed by atoms with Crippen LogP contribution in [0, 0.1) is 0 Å². The molecule has 0 bridgehead atoms. The Kier molecular flexibility index (Phi) is 3.58. The van der Waals surface area contributed by atoms with E-state index in [-0.39, 0.29) is 0 Å². The standard InChI is InChI=1S/C9H9ClO3/c10-6-5-7-3-1-2-4-8(7)13-9(11)12/h1-4H,5-6H2,(H,11,12). The lowest BCUT2D eigenvalue weighted by Crippen LogP contribution is -2.05. The van der Waals surface area contributed by atoms with Crippen LogP contribution in [0.4, 0.5) is 4.79 Å². The molecule has 1 N–H and O–H groups in total. The lowest BCUT2D eigenvalue weighted by atomic mass is 10.1. The van der Waals surface area contributed by atoms with E-state index in [1.807, 2.05) is 6.07 Å². The van der Waals surface area contributed by atoms with Crippen LogP contribution in [0.1, 0.15) is 5.56 Å². The predicted molar refractivity (Wildman–Crippen MR) is 49.5 cm³/mol. The molecule has 1 aromatic rings. The second-order valence-corrected chi connectivity index (χ2v) is 2.79. The lowest BCUT2D eigenvalue weighted by molar-refractivity contribution is 0.144. The molecule has 0 amide bonds. The lowest BCUT2D eigenvalue weighted by Gasteiger charge is -2.05. The Labute approximate surface area is 80.9 Å². The fourth-order valence-corrected chi connectivity index (χ4v) is 1.21. The molecule has 0 atom stereocenters. The number of para-hydroxylation sites is 1. The second kappa shape index (κ2) is 4.72. The zero-order valence-corrected chi connectivity index (χ0v) is 7.62. The van der Waals surface area contributed by atoms with Gasteiger partial charge in [-0.1, -0.05) is 18.2 Å². The average molecular weight is 201 g/mol. The summed E-state index contributed by atoms with van der Waals surface area (Å²) in [5.41, 5.74) is 0.805. The van der Waals surface area contributed by atoms with Crippen molar-refractivity contribution in [3.63, 3.8) is 0 Å². The van der Waals surface area contributed by atoms with Gasteiger partial charge in [-0.2, -0.15) is 0 Å². The number of hydrogen-bond acceptors (Lipinski definition) is 2. The number of carbonyl (C=O) groups is 1. The molecular weight excluding hydrogens is 192 g/mol. The number of hydrogen-bond donors (Lipinski definition) is 1. The van der Waals surface area contributed by atoms with Gasteiger partial charge in [-0.05, 0) is 18.1 Å². The maximum Gasteiger partial charge on any atom is 0.511 e. The van der Waals surface area contributed by atoms with Crippen LogP contribution < -0.4 is 4.74 Å². The first-order valence-corrected chi connectivity index (χ1v) is 4.32. The summed E-state index contributed by atoms with van der Waals surface area (Å²) in [4.78, 5) is 10.3. The first-order chi connectivity index (χ1) is 6.24. The van der Waals surface area contributed by atoms with Gasteiger partial charge in [0.15, 0.2) is 0 Å². The fraction of sp³-hybridized carbons (Fsp3) is 0.222. The normalized spacial score (nSPS) is 9.62. The van der Waals surface area contributed by atoms with Crippen molar-refractivity contribution in [1.29, 1.82) is 0 Å². The monoisotopic (exact) mass is 200 g/mol.